The lowest BCUT2D eigenvalue weighted by molar-refractivity contribution is -0.120. The number of hydrogen-bond acceptors (Lipinski definition) is 1. The first-order chi connectivity index (χ1) is 6.57. The van der Waals surface area contributed by atoms with E-state index in [4.69, 9.17) is 0 Å². The van der Waals surface area contributed by atoms with Crippen LogP contribution in [0.5, 0.6) is 0 Å². The third-order valence-electron chi connectivity index (χ3n) is 2.15. The molecule has 0 spiro atoms. The molecule has 0 aliphatic rings. The standard InChI is InChI=1S/C11H22BrNO/c1-4-10(12)11(14)13-8-6-5-7-9(2)3/h9-10H,4-8H2,1-3H3,(H,13,14). The molecule has 1 N–H and O–H groups in total. The van der Waals surface area contributed by atoms with Gasteiger partial charge in [-0.25, -0.2) is 0 Å². The number of nitrogens with one attached hydrogen (secondary N) is 1. The van der Waals surface area contributed by atoms with Gasteiger partial charge in [-0.1, -0.05) is 49.5 Å². The average molecular weight is 264 g/mol. The van der Waals surface area contributed by atoms with E-state index in [1.54, 1.807) is 0 Å². The summed E-state index contributed by atoms with van der Waals surface area (Å²) in [6.45, 7) is 7.26. The van der Waals surface area contributed by atoms with Crippen molar-refractivity contribution in [1.82, 2.24) is 5.32 Å². The molecule has 3 heteroatoms. The average Bonchev–Trinajstić information content (AvgIpc) is 2.15. The highest BCUT2D eigenvalue weighted by Crippen LogP contribution is 2.06. The molecule has 84 valence electrons. The highest BCUT2D eigenvalue weighted by atomic mass is 79.9. The molecule has 2 nitrogen and oxygen atoms in total. The molecule has 0 bridgehead atoms. The summed E-state index contributed by atoms with van der Waals surface area (Å²) >= 11 is 3.32. The lowest BCUT2D eigenvalue weighted by Crippen LogP contribution is -2.31. The molecule has 0 saturated heterocycles. The monoisotopic (exact) mass is 263 g/mol. The zero-order chi connectivity index (χ0) is 11.0. The van der Waals surface area contributed by atoms with Gasteiger partial charge in [0.1, 0.15) is 0 Å². The van der Waals surface area contributed by atoms with Crippen molar-refractivity contribution in [3.63, 3.8) is 0 Å². The van der Waals surface area contributed by atoms with Crippen LogP contribution in [0.15, 0.2) is 0 Å². The zero-order valence-corrected chi connectivity index (χ0v) is 11.1. The predicted octanol–water partition coefficient (Wildman–Crippen LogP) is 3.10. The van der Waals surface area contributed by atoms with Gasteiger partial charge in [0, 0.05) is 6.54 Å². The maximum atomic E-state index is 11.3. The molecule has 0 aliphatic heterocycles. The van der Waals surface area contributed by atoms with Crippen LogP contribution in [0.3, 0.4) is 0 Å². The van der Waals surface area contributed by atoms with Gasteiger partial charge in [0.15, 0.2) is 0 Å². The van der Waals surface area contributed by atoms with Gasteiger partial charge in [-0.2, -0.15) is 0 Å². The minimum absolute atomic E-state index is 0.0207. The number of carbonyl (C=O) groups is 1. The third-order valence-corrected chi connectivity index (χ3v) is 3.21. The molecule has 0 rings (SSSR count). The molecule has 0 aromatic carbocycles. The Morgan fingerprint density at radius 3 is 2.50 bits per heavy atom. The minimum Gasteiger partial charge on any atom is -0.355 e. The normalized spacial score (nSPS) is 12.9. The summed E-state index contributed by atoms with van der Waals surface area (Å²) in [5, 5.41) is 2.92. The van der Waals surface area contributed by atoms with Crippen LogP contribution in [-0.4, -0.2) is 17.3 Å². The zero-order valence-electron chi connectivity index (χ0n) is 9.48. The van der Waals surface area contributed by atoms with Gasteiger partial charge in [-0.05, 0) is 18.8 Å². The topological polar surface area (TPSA) is 29.1 Å². The highest BCUT2D eigenvalue weighted by Gasteiger charge is 2.10. The molecule has 1 unspecified atom stereocenters. The number of amides is 1. The highest BCUT2D eigenvalue weighted by molar-refractivity contribution is 9.10. The summed E-state index contributed by atoms with van der Waals surface area (Å²) in [5.41, 5.74) is 0. The first kappa shape index (κ1) is 13.9. The van der Waals surface area contributed by atoms with Gasteiger partial charge in [-0.15, -0.1) is 0 Å². The Hall–Kier alpha value is -0.0500. The van der Waals surface area contributed by atoms with Crippen molar-refractivity contribution in [3.8, 4) is 0 Å². The van der Waals surface area contributed by atoms with Gasteiger partial charge >= 0.3 is 0 Å². The molecule has 1 atom stereocenters. The SMILES string of the molecule is CCC(Br)C(=O)NCCCCC(C)C. The van der Waals surface area contributed by atoms with Crippen LogP contribution in [0.4, 0.5) is 0 Å². The molecule has 0 aromatic heterocycles. The summed E-state index contributed by atoms with van der Waals surface area (Å²) in [5.74, 6) is 0.891. The van der Waals surface area contributed by atoms with E-state index < -0.39 is 0 Å². The molecule has 0 aromatic rings. The van der Waals surface area contributed by atoms with Crippen molar-refractivity contribution in [2.24, 2.45) is 5.92 Å². The Kier molecular flexibility index (Phi) is 8.24. The number of unbranched alkanes of at least 4 members (excludes halogenated alkanes) is 1. The second-order valence-electron chi connectivity index (χ2n) is 4.06. The quantitative estimate of drug-likeness (QED) is 0.555. The van der Waals surface area contributed by atoms with Gasteiger partial charge in [0.25, 0.3) is 0 Å². The fourth-order valence-corrected chi connectivity index (χ4v) is 1.35. The van der Waals surface area contributed by atoms with E-state index in [-0.39, 0.29) is 10.7 Å². The van der Waals surface area contributed by atoms with E-state index in [1.165, 1.54) is 12.8 Å². The van der Waals surface area contributed by atoms with E-state index in [0.717, 1.165) is 25.3 Å². The maximum absolute atomic E-state index is 11.3. The Labute approximate surface area is 96.0 Å². The summed E-state index contributed by atoms with van der Waals surface area (Å²) in [6.07, 6.45) is 4.39. The van der Waals surface area contributed by atoms with E-state index in [9.17, 15) is 4.79 Å². The summed E-state index contributed by atoms with van der Waals surface area (Å²) < 4.78 is 0. The molecule has 14 heavy (non-hydrogen) atoms. The Morgan fingerprint density at radius 2 is 2.00 bits per heavy atom. The lowest BCUT2D eigenvalue weighted by Gasteiger charge is -2.09. The molecular formula is C11H22BrNO. The third kappa shape index (κ3) is 7.36. The van der Waals surface area contributed by atoms with Crippen molar-refractivity contribution in [3.05, 3.63) is 0 Å². The number of alkyl halides is 1. The maximum Gasteiger partial charge on any atom is 0.233 e. The second-order valence-corrected chi connectivity index (χ2v) is 5.16. The fourth-order valence-electron chi connectivity index (χ4n) is 1.19. The summed E-state index contributed by atoms with van der Waals surface area (Å²) in [4.78, 5) is 11.3. The molecule has 0 heterocycles. The Balaban J connectivity index is 3.32. The number of halogens is 1. The van der Waals surface area contributed by atoms with Gasteiger partial charge in [0.2, 0.25) is 5.91 Å². The van der Waals surface area contributed by atoms with Crippen LogP contribution < -0.4 is 5.32 Å². The molecule has 0 aliphatic carbocycles. The van der Waals surface area contributed by atoms with Crippen molar-refractivity contribution in [2.45, 2.75) is 51.3 Å². The molecule has 0 saturated carbocycles. The van der Waals surface area contributed by atoms with Crippen molar-refractivity contribution < 1.29 is 4.79 Å². The van der Waals surface area contributed by atoms with Gasteiger partial charge in [-0.3, -0.25) is 4.79 Å². The van der Waals surface area contributed by atoms with Gasteiger partial charge in [0.05, 0.1) is 4.83 Å². The summed E-state index contributed by atoms with van der Waals surface area (Å²) in [7, 11) is 0. The molecule has 0 fully saturated rings. The number of carbonyl (C=O) groups excluding carboxylic acids is 1. The van der Waals surface area contributed by atoms with Crippen LogP contribution >= 0.6 is 15.9 Å². The Morgan fingerprint density at radius 1 is 1.36 bits per heavy atom. The molecular weight excluding hydrogens is 242 g/mol. The molecule has 0 radical (unpaired) electrons. The minimum atomic E-state index is -0.0207. The van der Waals surface area contributed by atoms with Crippen molar-refractivity contribution >= 4 is 21.8 Å². The van der Waals surface area contributed by atoms with Crippen molar-refractivity contribution in [1.29, 1.82) is 0 Å². The summed E-state index contributed by atoms with van der Waals surface area (Å²) in [6, 6.07) is 0. The van der Waals surface area contributed by atoms with Crippen molar-refractivity contribution in [2.75, 3.05) is 6.54 Å². The van der Waals surface area contributed by atoms with E-state index in [0.29, 0.717) is 0 Å². The van der Waals surface area contributed by atoms with Gasteiger partial charge < -0.3 is 5.32 Å². The van der Waals surface area contributed by atoms with Crippen LogP contribution in [0.25, 0.3) is 0 Å². The number of hydrogen-bond donors (Lipinski definition) is 1. The first-order valence-corrected chi connectivity index (χ1v) is 6.41. The fraction of sp³-hybridized carbons (Fsp3) is 0.909. The van der Waals surface area contributed by atoms with E-state index >= 15 is 0 Å². The first-order valence-electron chi connectivity index (χ1n) is 5.49. The molecule has 1 amide bonds. The smallest absolute Gasteiger partial charge is 0.233 e. The predicted molar refractivity (Wildman–Crippen MR) is 64.7 cm³/mol. The van der Waals surface area contributed by atoms with Crippen LogP contribution in [-0.2, 0) is 4.79 Å². The Bertz CT molecular complexity index is 159. The number of rotatable bonds is 7. The van der Waals surface area contributed by atoms with Crippen LogP contribution in [0.2, 0.25) is 0 Å². The van der Waals surface area contributed by atoms with Crippen LogP contribution in [0.1, 0.15) is 46.5 Å². The lowest BCUT2D eigenvalue weighted by atomic mass is 10.1. The largest absolute Gasteiger partial charge is 0.355 e. The van der Waals surface area contributed by atoms with E-state index in [2.05, 4.69) is 35.1 Å². The van der Waals surface area contributed by atoms with Crippen LogP contribution in [0, 0.1) is 5.92 Å². The second kappa shape index (κ2) is 8.27. The van der Waals surface area contributed by atoms with E-state index in [1.807, 2.05) is 6.92 Å².